The van der Waals surface area contributed by atoms with Crippen LogP contribution in [0.4, 0.5) is 18.0 Å². The standard InChI is InChI=1S/C35H47ClF3N5O3/c1-2-3-9-26-24-43(23-25-7-5-4-6-8-25)33(46)47-34(26)16-20-41(21-17-34)28-14-18-42(19-15-28)32(45)30-22-40-44(31(30)35(37,38)39)29-12-10-27(36)11-13-29/h10-13,22,25-26,28H,2-9,14-21,23-24H2,1H3. The summed E-state index contributed by atoms with van der Waals surface area (Å²) in [4.78, 5) is 32.7. The van der Waals surface area contributed by atoms with Crippen LogP contribution in [0.15, 0.2) is 30.5 Å². The number of halogens is 4. The summed E-state index contributed by atoms with van der Waals surface area (Å²) >= 11 is 5.92. The van der Waals surface area contributed by atoms with Crippen molar-refractivity contribution >= 4 is 23.6 Å². The maximum Gasteiger partial charge on any atom is 0.434 e. The second-order valence-electron chi connectivity index (χ2n) is 14.0. The summed E-state index contributed by atoms with van der Waals surface area (Å²) in [5.74, 6) is 0.248. The van der Waals surface area contributed by atoms with Crippen molar-refractivity contribution in [2.24, 2.45) is 11.8 Å². The number of nitrogens with zero attached hydrogens (tertiary/aromatic N) is 5. The predicted molar refractivity (Wildman–Crippen MR) is 174 cm³/mol. The lowest BCUT2D eigenvalue weighted by atomic mass is 9.75. The lowest BCUT2D eigenvalue weighted by Crippen LogP contribution is -2.61. The number of carbonyl (C=O) groups excluding carboxylic acids is 2. The van der Waals surface area contributed by atoms with E-state index in [0.29, 0.717) is 42.8 Å². The van der Waals surface area contributed by atoms with Gasteiger partial charge in [-0.1, -0.05) is 50.6 Å². The molecule has 1 aromatic heterocycles. The number of carbonyl (C=O) groups is 2. The minimum atomic E-state index is -4.77. The number of amides is 2. The first-order chi connectivity index (χ1) is 22.6. The van der Waals surface area contributed by atoms with E-state index >= 15 is 0 Å². The van der Waals surface area contributed by atoms with Crippen molar-refractivity contribution in [3.8, 4) is 5.69 Å². The fourth-order valence-corrected chi connectivity index (χ4v) is 8.53. The Bertz CT molecular complexity index is 1380. The van der Waals surface area contributed by atoms with Gasteiger partial charge >= 0.3 is 12.3 Å². The molecule has 2 amide bonds. The van der Waals surface area contributed by atoms with Gasteiger partial charge < -0.3 is 14.5 Å². The van der Waals surface area contributed by atoms with Gasteiger partial charge in [-0.15, -0.1) is 0 Å². The third-order valence-electron chi connectivity index (χ3n) is 11.1. The minimum absolute atomic E-state index is 0.152. The third-order valence-corrected chi connectivity index (χ3v) is 11.3. The number of unbranched alkanes of at least 4 members (excludes halogenated alkanes) is 1. The zero-order chi connectivity index (χ0) is 33.2. The lowest BCUT2D eigenvalue weighted by Gasteiger charge is -2.52. The molecule has 3 saturated heterocycles. The van der Waals surface area contributed by atoms with Gasteiger partial charge in [-0.2, -0.15) is 18.3 Å². The Morgan fingerprint density at radius 2 is 1.70 bits per heavy atom. The average Bonchev–Trinajstić information content (AvgIpc) is 3.53. The van der Waals surface area contributed by atoms with Crippen molar-refractivity contribution < 1.29 is 27.5 Å². The Morgan fingerprint density at radius 1 is 1.02 bits per heavy atom. The number of hydrogen-bond acceptors (Lipinski definition) is 5. The molecule has 0 bridgehead atoms. The molecule has 2 aromatic rings. The molecule has 258 valence electrons. The van der Waals surface area contributed by atoms with Crippen molar-refractivity contribution in [1.29, 1.82) is 0 Å². The number of aromatic nitrogens is 2. The monoisotopic (exact) mass is 677 g/mol. The second kappa shape index (κ2) is 14.4. The minimum Gasteiger partial charge on any atom is -0.442 e. The van der Waals surface area contributed by atoms with Crippen LogP contribution < -0.4 is 0 Å². The zero-order valence-corrected chi connectivity index (χ0v) is 28.1. The molecule has 3 aliphatic heterocycles. The average molecular weight is 678 g/mol. The number of likely N-dealkylation sites (tertiary alicyclic amines) is 2. The van der Waals surface area contributed by atoms with E-state index in [2.05, 4.69) is 16.9 Å². The summed E-state index contributed by atoms with van der Waals surface area (Å²) in [5.41, 5.74) is -1.77. The van der Waals surface area contributed by atoms with Crippen LogP contribution in [0.25, 0.3) is 5.69 Å². The topological polar surface area (TPSA) is 70.9 Å². The Hall–Kier alpha value is -2.79. The highest BCUT2D eigenvalue weighted by atomic mass is 35.5. The van der Waals surface area contributed by atoms with Gasteiger partial charge in [0.15, 0.2) is 5.69 Å². The maximum absolute atomic E-state index is 14.2. The molecule has 1 unspecified atom stereocenters. The molecular weight excluding hydrogens is 631 g/mol. The molecule has 8 nitrogen and oxygen atoms in total. The molecule has 1 spiro atoms. The van der Waals surface area contributed by atoms with Crippen LogP contribution in [-0.4, -0.2) is 87.4 Å². The van der Waals surface area contributed by atoms with Crippen molar-refractivity contribution in [2.45, 2.75) is 102 Å². The van der Waals surface area contributed by atoms with Gasteiger partial charge in [0, 0.05) is 69.1 Å². The smallest absolute Gasteiger partial charge is 0.434 e. The summed E-state index contributed by atoms with van der Waals surface area (Å²) in [5, 5.41) is 4.34. The zero-order valence-electron chi connectivity index (χ0n) is 27.3. The Kier molecular flexibility index (Phi) is 10.4. The molecule has 1 aliphatic carbocycles. The normalized spacial score (nSPS) is 23.3. The van der Waals surface area contributed by atoms with Crippen molar-refractivity contribution in [3.05, 3.63) is 46.7 Å². The molecule has 4 aliphatic rings. The summed E-state index contributed by atoms with van der Waals surface area (Å²) in [6, 6.07) is 6.10. The van der Waals surface area contributed by atoms with Crippen LogP contribution in [-0.2, 0) is 10.9 Å². The van der Waals surface area contributed by atoms with Gasteiger partial charge in [0.05, 0.1) is 17.4 Å². The molecule has 1 aromatic carbocycles. The summed E-state index contributed by atoms with van der Waals surface area (Å²) < 4.78 is 49.9. The number of piperidine rings is 2. The summed E-state index contributed by atoms with van der Waals surface area (Å²) in [6.45, 7) is 6.17. The molecule has 4 heterocycles. The second-order valence-corrected chi connectivity index (χ2v) is 14.5. The van der Waals surface area contributed by atoms with Crippen LogP contribution in [0.1, 0.15) is 100 Å². The first-order valence-electron chi connectivity index (χ1n) is 17.5. The van der Waals surface area contributed by atoms with Crippen LogP contribution >= 0.6 is 11.6 Å². The number of hydrogen-bond donors (Lipinski definition) is 0. The van der Waals surface area contributed by atoms with Crippen LogP contribution in [0.5, 0.6) is 0 Å². The van der Waals surface area contributed by atoms with E-state index in [1.807, 2.05) is 4.90 Å². The van der Waals surface area contributed by atoms with Crippen molar-refractivity contribution in [3.63, 3.8) is 0 Å². The predicted octanol–water partition coefficient (Wildman–Crippen LogP) is 7.82. The van der Waals surface area contributed by atoms with Gasteiger partial charge in [0.1, 0.15) is 5.60 Å². The fourth-order valence-electron chi connectivity index (χ4n) is 8.40. The molecule has 4 fully saturated rings. The lowest BCUT2D eigenvalue weighted by molar-refractivity contribution is -0.143. The van der Waals surface area contributed by atoms with Crippen molar-refractivity contribution in [2.75, 3.05) is 39.3 Å². The summed E-state index contributed by atoms with van der Waals surface area (Å²) in [7, 11) is 0. The van der Waals surface area contributed by atoms with Gasteiger partial charge in [-0.05, 0) is 62.3 Å². The molecular formula is C35H47ClF3N5O3. The molecule has 47 heavy (non-hydrogen) atoms. The quantitative estimate of drug-likeness (QED) is 0.285. The van der Waals surface area contributed by atoms with E-state index in [4.69, 9.17) is 16.3 Å². The highest BCUT2D eigenvalue weighted by molar-refractivity contribution is 6.30. The SMILES string of the molecule is CCCCC1CN(CC2CCCCC2)C(=O)OC12CCN(C1CCN(C(=O)c3cnn(-c4ccc(Cl)cc4)c3C(F)(F)F)CC1)CC2. The third kappa shape index (κ3) is 7.46. The van der Waals surface area contributed by atoms with E-state index in [1.54, 1.807) is 0 Å². The maximum atomic E-state index is 14.2. The number of alkyl halides is 3. The van der Waals surface area contributed by atoms with Gasteiger partial charge in [0.25, 0.3) is 5.91 Å². The first kappa shape index (κ1) is 34.1. The van der Waals surface area contributed by atoms with E-state index in [9.17, 15) is 22.8 Å². The Balaban J connectivity index is 1.06. The molecule has 12 heteroatoms. The van der Waals surface area contributed by atoms with Crippen LogP contribution in [0, 0.1) is 11.8 Å². The molecule has 0 radical (unpaired) electrons. The molecule has 1 atom stereocenters. The largest absolute Gasteiger partial charge is 0.442 e. The fraction of sp³-hybridized carbons (Fsp3) is 0.686. The molecule has 6 rings (SSSR count). The Morgan fingerprint density at radius 3 is 2.34 bits per heavy atom. The van der Waals surface area contributed by atoms with E-state index in [-0.39, 0.29) is 17.8 Å². The van der Waals surface area contributed by atoms with E-state index in [1.165, 1.54) is 61.3 Å². The van der Waals surface area contributed by atoms with Crippen molar-refractivity contribution in [1.82, 2.24) is 24.5 Å². The van der Waals surface area contributed by atoms with Gasteiger partial charge in [-0.3, -0.25) is 9.69 Å². The molecule has 1 saturated carbocycles. The number of benzene rings is 1. The van der Waals surface area contributed by atoms with E-state index < -0.39 is 28.9 Å². The van der Waals surface area contributed by atoms with Crippen LogP contribution in [0.3, 0.4) is 0 Å². The first-order valence-corrected chi connectivity index (χ1v) is 17.9. The van der Waals surface area contributed by atoms with Gasteiger partial charge in [-0.25, -0.2) is 9.48 Å². The number of ether oxygens (including phenoxy) is 1. The number of rotatable bonds is 8. The van der Waals surface area contributed by atoms with E-state index in [0.717, 1.165) is 69.2 Å². The molecule has 0 N–H and O–H groups in total. The van der Waals surface area contributed by atoms with Crippen LogP contribution in [0.2, 0.25) is 5.02 Å². The highest BCUT2D eigenvalue weighted by Gasteiger charge is 2.50. The summed E-state index contributed by atoms with van der Waals surface area (Å²) in [6.07, 6.45) is 8.53. The van der Waals surface area contributed by atoms with Gasteiger partial charge in [0.2, 0.25) is 0 Å². The Labute approximate surface area is 280 Å². The highest BCUT2D eigenvalue weighted by Crippen LogP contribution is 2.42.